The highest BCUT2D eigenvalue weighted by molar-refractivity contribution is 7.92. The van der Waals surface area contributed by atoms with Crippen molar-refractivity contribution < 1.29 is 17.6 Å². The maximum atomic E-state index is 13.0. The van der Waals surface area contributed by atoms with E-state index in [4.69, 9.17) is 11.6 Å². The number of benzene rings is 2. The summed E-state index contributed by atoms with van der Waals surface area (Å²) in [6.45, 7) is 2.68. The molecule has 1 heterocycles. The summed E-state index contributed by atoms with van der Waals surface area (Å²) in [7, 11) is -3.96. The van der Waals surface area contributed by atoms with E-state index < -0.39 is 15.8 Å². The van der Waals surface area contributed by atoms with Crippen LogP contribution in [0.15, 0.2) is 47.4 Å². The van der Waals surface area contributed by atoms with Crippen molar-refractivity contribution in [1.82, 2.24) is 4.90 Å². The molecular formula is C19H20ClFN2O3S. The Balaban J connectivity index is 1.87. The highest BCUT2D eigenvalue weighted by Crippen LogP contribution is 2.28. The predicted octanol–water partition coefficient (Wildman–Crippen LogP) is 4.29. The molecule has 2 aromatic rings. The van der Waals surface area contributed by atoms with E-state index in [0.29, 0.717) is 12.1 Å². The number of sulfonamides is 1. The molecule has 27 heavy (non-hydrogen) atoms. The van der Waals surface area contributed by atoms with Crippen LogP contribution in [0, 0.1) is 5.82 Å². The minimum Gasteiger partial charge on any atom is -0.336 e. The Hall–Kier alpha value is -2.12. The summed E-state index contributed by atoms with van der Waals surface area (Å²) in [6, 6.07) is 9.11. The molecule has 1 N–H and O–H groups in total. The van der Waals surface area contributed by atoms with Crippen LogP contribution in [0.2, 0.25) is 5.02 Å². The zero-order valence-corrected chi connectivity index (χ0v) is 16.4. The van der Waals surface area contributed by atoms with Gasteiger partial charge in [-0.05, 0) is 68.7 Å². The highest BCUT2D eigenvalue weighted by Gasteiger charge is 2.25. The van der Waals surface area contributed by atoms with Crippen molar-refractivity contribution >= 4 is 33.2 Å². The van der Waals surface area contributed by atoms with Gasteiger partial charge in [-0.15, -0.1) is 0 Å². The number of hydrogen-bond acceptors (Lipinski definition) is 3. The van der Waals surface area contributed by atoms with Gasteiger partial charge >= 0.3 is 0 Å². The Kier molecular flexibility index (Phi) is 5.72. The molecule has 0 radical (unpaired) electrons. The van der Waals surface area contributed by atoms with Gasteiger partial charge in [0.1, 0.15) is 5.82 Å². The third-order valence-electron chi connectivity index (χ3n) is 4.65. The number of amides is 1. The molecule has 1 aliphatic heterocycles. The molecule has 1 unspecified atom stereocenters. The molecule has 1 saturated heterocycles. The standard InChI is InChI=1S/C19H20ClFN2O3S/c1-13-4-2-3-11-23(13)19(24)14-5-10-17(20)18(12-14)22-27(25,26)16-8-6-15(21)7-9-16/h5-10,12-13,22H,2-4,11H2,1H3. The molecule has 0 spiro atoms. The van der Waals surface area contributed by atoms with Crippen molar-refractivity contribution in [3.05, 3.63) is 58.9 Å². The van der Waals surface area contributed by atoms with Crippen molar-refractivity contribution in [2.75, 3.05) is 11.3 Å². The highest BCUT2D eigenvalue weighted by atomic mass is 35.5. The summed E-state index contributed by atoms with van der Waals surface area (Å²) in [5.41, 5.74) is 0.474. The van der Waals surface area contributed by atoms with E-state index in [9.17, 15) is 17.6 Å². The molecule has 2 aromatic carbocycles. The summed E-state index contributed by atoms with van der Waals surface area (Å²) >= 11 is 6.12. The first kappa shape index (κ1) is 19.6. The van der Waals surface area contributed by atoms with Crippen LogP contribution in [-0.4, -0.2) is 31.8 Å². The monoisotopic (exact) mass is 410 g/mol. The molecule has 0 aliphatic carbocycles. The van der Waals surface area contributed by atoms with Gasteiger partial charge in [0, 0.05) is 18.2 Å². The number of carbonyl (C=O) groups excluding carboxylic acids is 1. The first-order valence-electron chi connectivity index (χ1n) is 8.67. The number of carbonyl (C=O) groups is 1. The fraction of sp³-hybridized carbons (Fsp3) is 0.316. The van der Waals surface area contributed by atoms with Crippen LogP contribution in [0.4, 0.5) is 10.1 Å². The van der Waals surface area contributed by atoms with E-state index in [1.54, 1.807) is 11.0 Å². The summed E-state index contributed by atoms with van der Waals surface area (Å²) in [6.07, 6.45) is 2.99. The lowest BCUT2D eigenvalue weighted by atomic mass is 10.0. The van der Waals surface area contributed by atoms with Crippen LogP contribution in [0.25, 0.3) is 0 Å². The lowest BCUT2D eigenvalue weighted by Crippen LogP contribution is -2.42. The third-order valence-corrected chi connectivity index (χ3v) is 6.36. The molecule has 8 heteroatoms. The van der Waals surface area contributed by atoms with E-state index in [-0.39, 0.29) is 27.6 Å². The zero-order chi connectivity index (χ0) is 19.6. The smallest absolute Gasteiger partial charge is 0.261 e. The second kappa shape index (κ2) is 7.86. The molecular weight excluding hydrogens is 391 g/mol. The van der Waals surface area contributed by atoms with Crippen LogP contribution in [0.1, 0.15) is 36.5 Å². The van der Waals surface area contributed by atoms with E-state index in [1.165, 1.54) is 12.1 Å². The van der Waals surface area contributed by atoms with Gasteiger partial charge in [0.2, 0.25) is 0 Å². The van der Waals surface area contributed by atoms with Gasteiger partial charge < -0.3 is 4.90 Å². The zero-order valence-electron chi connectivity index (χ0n) is 14.8. The topological polar surface area (TPSA) is 66.5 Å². The lowest BCUT2D eigenvalue weighted by molar-refractivity contribution is 0.0635. The fourth-order valence-electron chi connectivity index (χ4n) is 3.12. The number of likely N-dealkylation sites (tertiary alicyclic amines) is 1. The van der Waals surface area contributed by atoms with Gasteiger partial charge in [0.15, 0.2) is 0 Å². The maximum absolute atomic E-state index is 13.0. The number of piperidine rings is 1. The Morgan fingerprint density at radius 3 is 2.56 bits per heavy atom. The van der Waals surface area contributed by atoms with Gasteiger partial charge in [-0.25, -0.2) is 12.8 Å². The van der Waals surface area contributed by atoms with E-state index in [1.807, 2.05) is 6.92 Å². The van der Waals surface area contributed by atoms with Crippen molar-refractivity contribution in [2.24, 2.45) is 0 Å². The molecule has 144 valence electrons. The van der Waals surface area contributed by atoms with Crippen LogP contribution < -0.4 is 4.72 Å². The molecule has 1 aliphatic rings. The average molecular weight is 411 g/mol. The van der Waals surface area contributed by atoms with Crippen molar-refractivity contribution in [3.8, 4) is 0 Å². The second-order valence-corrected chi connectivity index (χ2v) is 8.69. The molecule has 0 aromatic heterocycles. The van der Waals surface area contributed by atoms with Crippen LogP contribution in [0.5, 0.6) is 0 Å². The first-order chi connectivity index (χ1) is 12.8. The van der Waals surface area contributed by atoms with E-state index >= 15 is 0 Å². The average Bonchev–Trinajstić information content (AvgIpc) is 2.63. The molecule has 1 amide bonds. The summed E-state index contributed by atoms with van der Waals surface area (Å²) in [5.74, 6) is -0.684. The Morgan fingerprint density at radius 2 is 1.89 bits per heavy atom. The molecule has 5 nitrogen and oxygen atoms in total. The van der Waals surface area contributed by atoms with Gasteiger partial charge in [-0.1, -0.05) is 11.6 Å². The molecule has 0 saturated carbocycles. The molecule has 0 bridgehead atoms. The van der Waals surface area contributed by atoms with Gasteiger partial charge in [0.05, 0.1) is 15.6 Å². The SMILES string of the molecule is CC1CCCCN1C(=O)c1ccc(Cl)c(NS(=O)(=O)c2ccc(F)cc2)c1. The number of anilines is 1. The number of rotatable bonds is 4. The summed E-state index contributed by atoms with van der Waals surface area (Å²) in [5, 5.41) is 0.170. The number of halogens is 2. The fourth-order valence-corrected chi connectivity index (χ4v) is 4.41. The van der Waals surface area contributed by atoms with Crippen molar-refractivity contribution in [2.45, 2.75) is 37.1 Å². The van der Waals surface area contributed by atoms with Gasteiger partial charge in [-0.3, -0.25) is 9.52 Å². The number of nitrogens with zero attached hydrogens (tertiary/aromatic N) is 1. The van der Waals surface area contributed by atoms with E-state index in [0.717, 1.165) is 43.5 Å². The van der Waals surface area contributed by atoms with Crippen LogP contribution in [0.3, 0.4) is 0 Å². The molecule has 3 rings (SSSR count). The second-order valence-electron chi connectivity index (χ2n) is 6.60. The normalized spacial score (nSPS) is 17.6. The van der Waals surface area contributed by atoms with E-state index in [2.05, 4.69) is 4.72 Å². The minimum absolute atomic E-state index is 0.0960. The predicted molar refractivity (Wildman–Crippen MR) is 103 cm³/mol. The Bertz CT molecular complexity index is 948. The van der Waals surface area contributed by atoms with Crippen LogP contribution in [-0.2, 0) is 10.0 Å². The molecule has 1 fully saturated rings. The Morgan fingerprint density at radius 1 is 1.19 bits per heavy atom. The summed E-state index contributed by atoms with van der Waals surface area (Å²) < 4.78 is 40.4. The minimum atomic E-state index is -3.96. The van der Waals surface area contributed by atoms with Gasteiger partial charge in [-0.2, -0.15) is 0 Å². The first-order valence-corrected chi connectivity index (χ1v) is 10.5. The van der Waals surface area contributed by atoms with Crippen molar-refractivity contribution in [3.63, 3.8) is 0 Å². The summed E-state index contributed by atoms with van der Waals surface area (Å²) in [4.78, 5) is 14.5. The number of hydrogen-bond donors (Lipinski definition) is 1. The molecule has 1 atom stereocenters. The quantitative estimate of drug-likeness (QED) is 0.817. The van der Waals surface area contributed by atoms with Crippen molar-refractivity contribution in [1.29, 1.82) is 0 Å². The maximum Gasteiger partial charge on any atom is 0.261 e. The third kappa shape index (κ3) is 4.42. The lowest BCUT2D eigenvalue weighted by Gasteiger charge is -2.33. The van der Waals surface area contributed by atoms with Crippen LogP contribution >= 0.6 is 11.6 Å². The van der Waals surface area contributed by atoms with Gasteiger partial charge in [0.25, 0.3) is 15.9 Å². The number of nitrogens with one attached hydrogen (secondary N) is 1. The largest absolute Gasteiger partial charge is 0.336 e. The Labute approximate surface area is 163 Å².